The van der Waals surface area contributed by atoms with Gasteiger partial charge in [0.05, 0.1) is 0 Å². The Kier molecular flexibility index (Phi) is 4.71. The molecular formula is C12H15BrF2. The van der Waals surface area contributed by atoms with Gasteiger partial charge in [0.15, 0.2) is 0 Å². The fourth-order valence-electron chi connectivity index (χ4n) is 1.77. The minimum Gasteiger partial charge on any atom is -0.207 e. The molecular weight excluding hydrogens is 262 g/mol. The molecule has 0 radical (unpaired) electrons. The quantitative estimate of drug-likeness (QED) is 0.719. The smallest absolute Gasteiger partial charge is 0.126 e. The first kappa shape index (κ1) is 12.6. The zero-order valence-corrected chi connectivity index (χ0v) is 10.5. The normalized spacial score (nSPS) is 15.0. The zero-order chi connectivity index (χ0) is 11.4. The monoisotopic (exact) mass is 276 g/mol. The van der Waals surface area contributed by atoms with E-state index in [4.69, 9.17) is 0 Å². The minimum absolute atomic E-state index is 0.417. The van der Waals surface area contributed by atoms with Gasteiger partial charge in [-0.1, -0.05) is 29.8 Å². The molecule has 1 aromatic carbocycles. The molecule has 2 unspecified atom stereocenters. The van der Waals surface area contributed by atoms with Gasteiger partial charge in [-0.25, -0.2) is 8.78 Å². The van der Waals surface area contributed by atoms with Crippen LogP contribution in [0, 0.1) is 17.6 Å². The number of benzene rings is 1. The summed E-state index contributed by atoms with van der Waals surface area (Å²) < 4.78 is 25.8. The number of rotatable bonds is 4. The van der Waals surface area contributed by atoms with Crippen LogP contribution in [-0.2, 0) is 6.42 Å². The third-order valence-corrected chi connectivity index (χ3v) is 2.61. The molecule has 0 bridgehead atoms. The van der Waals surface area contributed by atoms with Gasteiger partial charge in [-0.15, -0.1) is 0 Å². The van der Waals surface area contributed by atoms with Crippen molar-refractivity contribution in [3.63, 3.8) is 0 Å². The first-order valence-electron chi connectivity index (χ1n) is 5.06. The maximum Gasteiger partial charge on any atom is 0.126 e. The molecule has 0 nitrogen and oxygen atoms in total. The van der Waals surface area contributed by atoms with Crippen LogP contribution >= 0.6 is 15.9 Å². The van der Waals surface area contributed by atoms with Crippen LogP contribution in [-0.4, -0.2) is 4.83 Å². The van der Waals surface area contributed by atoms with E-state index in [9.17, 15) is 8.78 Å². The van der Waals surface area contributed by atoms with Crippen molar-refractivity contribution >= 4 is 15.9 Å². The Balaban J connectivity index is 2.63. The summed E-state index contributed by atoms with van der Waals surface area (Å²) in [5, 5.41) is 0. The van der Waals surface area contributed by atoms with Crippen LogP contribution < -0.4 is 0 Å². The zero-order valence-electron chi connectivity index (χ0n) is 8.93. The van der Waals surface area contributed by atoms with Gasteiger partial charge in [-0.3, -0.25) is 0 Å². The summed E-state index contributed by atoms with van der Waals surface area (Å²) >= 11 is 3.47. The fourth-order valence-corrected chi connectivity index (χ4v) is 2.41. The lowest BCUT2D eigenvalue weighted by molar-refractivity contribution is 0.524. The van der Waals surface area contributed by atoms with E-state index in [0.717, 1.165) is 18.1 Å². The summed E-state index contributed by atoms with van der Waals surface area (Å²) in [5.41, 5.74) is 0.730. The molecule has 0 fully saturated rings. The molecule has 0 saturated heterocycles. The number of halogens is 3. The first-order valence-corrected chi connectivity index (χ1v) is 5.98. The Bertz CT molecular complexity index is 303. The molecule has 0 aliphatic carbocycles. The highest BCUT2D eigenvalue weighted by atomic mass is 79.9. The maximum atomic E-state index is 12.9. The van der Waals surface area contributed by atoms with E-state index in [0.29, 0.717) is 17.2 Å². The predicted octanol–water partition coefficient (Wildman–Crippen LogP) is 4.32. The van der Waals surface area contributed by atoms with Crippen LogP contribution in [0.3, 0.4) is 0 Å². The molecule has 0 aliphatic heterocycles. The van der Waals surface area contributed by atoms with Crippen molar-refractivity contribution in [1.29, 1.82) is 0 Å². The molecule has 0 saturated carbocycles. The predicted molar refractivity (Wildman–Crippen MR) is 62.2 cm³/mol. The van der Waals surface area contributed by atoms with Crippen molar-refractivity contribution in [1.82, 2.24) is 0 Å². The molecule has 15 heavy (non-hydrogen) atoms. The van der Waals surface area contributed by atoms with Crippen LogP contribution in [0.2, 0.25) is 0 Å². The Labute approximate surface area is 97.8 Å². The second kappa shape index (κ2) is 5.59. The third kappa shape index (κ3) is 4.74. The summed E-state index contributed by atoms with van der Waals surface area (Å²) in [6.45, 7) is 4.16. The molecule has 0 amide bonds. The molecule has 0 N–H and O–H groups in total. The molecule has 0 aliphatic rings. The second-order valence-electron chi connectivity index (χ2n) is 4.10. The molecule has 1 aromatic rings. The Morgan fingerprint density at radius 2 is 1.67 bits per heavy atom. The topological polar surface area (TPSA) is 0 Å². The van der Waals surface area contributed by atoms with Crippen molar-refractivity contribution in [2.24, 2.45) is 5.92 Å². The number of hydrogen-bond donors (Lipinski definition) is 0. The van der Waals surface area contributed by atoms with Gasteiger partial charge in [0, 0.05) is 10.9 Å². The van der Waals surface area contributed by atoms with Crippen LogP contribution in [0.15, 0.2) is 18.2 Å². The minimum atomic E-state index is -0.496. The van der Waals surface area contributed by atoms with Gasteiger partial charge < -0.3 is 0 Å². The lowest BCUT2D eigenvalue weighted by atomic mass is 9.97. The highest BCUT2D eigenvalue weighted by Gasteiger charge is 2.08. The van der Waals surface area contributed by atoms with E-state index in [1.54, 1.807) is 0 Å². The van der Waals surface area contributed by atoms with E-state index >= 15 is 0 Å². The van der Waals surface area contributed by atoms with E-state index in [-0.39, 0.29) is 0 Å². The van der Waals surface area contributed by atoms with Crippen LogP contribution in [0.1, 0.15) is 25.8 Å². The Morgan fingerprint density at radius 1 is 1.13 bits per heavy atom. The van der Waals surface area contributed by atoms with E-state index in [2.05, 4.69) is 29.8 Å². The Morgan fingerprint density at radius 3 is 2.13 bits per heavy atom. The molecule has 0 spiro atoms. The van der Waals surface area contributed by atoms with Crippen molar-refractivity contribution < 1.29 is 8.78 Å². The van der Waals surface area contributed by atoms with Gasteiger partial charge >= 0.3 is 0 Å². The van der Waals surface area contributed by atoms with E-state index in [1.165, 1.54) is 12.1 Å². The number of hydrogen-bond acceptors (Lipinski definition) is 0. The largest absolute Gasteiger partial charge is 0.207 e. The molecule has 84 valence electrons. The lowest BCUT2D eigenvalue weighted by Crippen LogP contribution is -2.05. The van der Waals surface area contributed by atoms with E-state index < -0.39 is 11.6 Å². The van der Waals surface area contributed by atoms with Crippen LogP contribution in [0.4, 0.5) is 8.78 Å². The van der Waals surface area contributed by atoms with Gasteiger partial charge in [-0.05, 0) is 36.5 Å². The molecule has 1 rings (SSSR count). The summed E-state index contributed by atoms with van der Waals surface area (Å²) in [4.78, 5) is 0.436. The lowest BCUT2D eigenvalue weighted by Gasteiger charge is -2.13. The Hall–Kier alpha value is -0.440. The highest BCUT2D eigenvalue weighted by Crippen LogP contribution is 2.18. The third-order valence-electron chi connectivity index (χ3n) is 2.23. The molecule has 3 heteroatoms. The van der Waals surface area contributed by atoms with E-state index in [1.807, 2.05) is 0 Å². The van der Waals surface area contributed by atoms with Crippen LogP contribution in [0.25, 0.3) is 0 Å². The van der Waals surface area contributed by atoms with Crippen molar-refractivity contribution in [2.75, 3.05) is 0 Å². The van der Waals surface area contributed by atoms with Gasteiger partial charge in [0.25, 0.3) is 0 Å². The van der Waals surface area contributed by atoms with Crippen molar-refractivity contribution in [2.45, 2.75) is 31.5 Å². The second-order valence-corrected chi connectivity index (χ2v) is 5.67. The summed E-state index contributed by atoms with van der Waals surface area (Å²) in [5.74, 6) is -0.575. The van der Waals surface area contributed by atoms with Gasteiger partial charge in [0.1, 0.15) is 11.6 Å². The van der Waals surface area contributed by atoms with Crippen LogP contribution in [0.5, 0.6) is 0 Å². The number of alkyl halides is 1. The standard InChI is InChI=1S/C12H15BrF2/c1-8(3-9(2)13)4-10-5-11(14)7-12(15)6-10/h5-9H,3-4H2,1-2H3. The van der Waals surface area contributed by atoms with Gasteiger partial charge in [-0.2, -0.15) is 0 Å². The van der Waals surface area contributed by atoms with Crippen molar-refractivity contribution in [3.8, 4) is 0 Å². The SMILES string of the molecule is CC(Br)CC(C)Cc1cc(F)cc(F)c1. The fraction of sp³-hybridized carbons (Fsp3) is 0.500. The van der Waals surface area contributed by atoms with Gasteiger partial charge in [0.2, 0.25) is 0 Å². The first-order chi connectivity index (χ1) is 6.97. The summed E-state index contributed by atoms with van der Waals surface area (Å²) in [7, 11) is 0. The summed E-state index contributed by atoms with van der Waals surface area (Å²) in [6, 6.07) is 3.71. The average molecular weight is 277 g/mol. The molecule has 0 aromatic heterocycles. The average Bonchev–Trinajstić information content (AvgIpc) is 1.98. The maximum absolute atomic E-state index is 12.9. The summed E-state index contributed by atoms with van der Waals surface area (Å²) in [6.07, 6.45) is 1.71. The highest BCUT2D eigenvalue weighted by molar-refractivity contribution is 9.09. The molecule has 0 heterocycles. The molecule has 2 atom stereocenters. The van der Waals surface area contributed by atoms with Crippen molar-refractivity contribution in [3.05, 3.63) is 35.4 Å².